The molecule has 1 N–H and O–H groups in total. The van der Waals surface area contributed by atoms with Crippen LogP contribution >= 0.6 is 11.6 Å². The zero-order chi connectivity index (χ0) is 9.68. The summed E-state index contributed by atoms with van der Waals surface area (Å²) in [6, 6.07) is 1.64. The monoisotopic (exact) mass is 204 g/mol. The molecule has 3 nitrogen and oxygen atoms in total. The Labute approximate surface area is 82.3 Å². The van der Waals surface area contributed by atoms with Crippen LogP contribution in [-0.2, 0) is 4.74 Å². The molecule has 0 spiro atoms. The van der Waals surface area contributed by atoms with E-state index in [1.165, 1.54) is 6.26 Å². The van der Waals surface area contributed by atoms with E-state index < -0.39 is 6.10 Å². The molecule has 13 heavy (non-hydrogen) atoms. The molecule has 0 fully saturated rings. The number of hydrogen-bond acceptors (Lipinski definition) is 3. The van der Waals surface area contributed by atoms with Gasteiger partial charge in [-0.05, 0) is 24.1 Å². The molecule has 74 valence electrons. The summed E-state index contributed by atoms with van der Waals surface area (Å²) in [6.45, 7) is 2.91. The highest BCUT2D eigenvalue weighted by atomic mass is 35.5. The maximum Gasteiger partial charge on any atom is 0.198 e. The van der Waals surface area contributed by atoms with Crippen LogP contribution in [0.3, 0.4) is 0 Å². The van der Waals surface area contributed by atoms with Crippen LogP contribution < -0.4 is 0 Å². The van der Waals surface area contributed by atoms with Gasteiger partial charge in [0, 0.05) is 12.2 Å². The molecule has 0 saturated carbocycles. The summed E-state index contributed by atoms with van der Waals surface area (Å²) in [6.07, 6.45) is 1.69. The van der Waals surface area contributed by atoms with Crippen molar-refractivity contribution in [1.82, 2.24) is 0 Å². The standard InChI is InChI=1S/C9H13ClO3/c1-2-4-12-6-8(11)7-3-5-13-9(7)10/h3,5,8,11H,2,4,6H2,1H3. The molecule has 1 aromatic rings. The number of aliphatic hydroxyl groups excluding tert-OH is 1. The van der Waals surface area contributed by atoms with Gasteiger partial charge in [-0.1, -0.05) is 6.92 Å². The van der Waals surface area contributed by atoms with Gasteiger partial charge in [-0.25, -0.2) is 0 Å². The van der Waals surface area contributed by atoms with Crippen LogP contribution in [0.1, 0.15) is 25.0 Å². The number of furan rings is 1. The lowest BCUT2D eigenvalue weighted by Crippen LogP contribution is -2.07. The average molecular weight is 205 g/mol. The van der Waals surface area contributed by atoms with E-state index >= 15 is 0 Å². The van der Waals surface area contributed by atoms with Crippen molar-refractivity contribution in [3.05, 3.63) is 23.1 Å². The van der Waals surface area contributed by atoms with Crippen LogP contribution in [0.15, 0.2) is 16.7 Å². The summed E-state index contributed by atoms with van der Waals surface area (Å²) in [5.41, 5.74) is 0.581. The number of ether oxygens (including phenoxy) is 1. The molecule has 0 aromatic carbocycles. The molecule has 1 aromatic heterocycles. The normalized spacial score (nSPS) is 13.2. The largest absolute Gasteiger partial charge is 0.453 e. The molecule has 0 aliphatic carbocycles. The van der Waals surface area contributed by atoms with Gasteiger partial charge in [0.25, 0.3) is 0 Å². The lowest BCUT2D eigenvalue weighted by atomic mass is 10.2. The van der Waals surface area contributed by atoms with E-state index in [9.17, 15) is 5.11 Å². The third-order valence-corrected chi connectivity index (χ3v) is 1.94. The fourth-order valence-electron chi connectivity index (χ4n) is 0.972. The van der Waals surface area contributed by atoms with E-state index in [0.29, 0.717) is 12.2 Å². The number of halogens is 1. The van der Waals surface area contributed by atoms with E-state index in [4.69, 9.17) is 20.8 Å². The summed E-state index contributed by atoms with van der Waals surface area (Å²) in [4.78, 5) is 0. The fourth-order valence-corrected chi connectivity index (χ4v) is 1.21. The van der Waals surface area contributed by atoms with Crippen molar-refractivity contribution < 1.29 is 14.3 Å². The lowest BCUT2D eigenvalue weighted by molar-refractivity contribution is 0.0361. The highest BCUT2D eigenvalue weighted by Crippen LogP contribution is 2.23. The Morgan fingerprint density at radius 1 is 1.69 bits per heavy atom. The van der Waals surface area contributed by atoms with Crippen LogP contribution in [0.25, 0.3) is 0 Å². The summed E-state index contributed by atoms with van der Waals surface area (Å²) >= 11 is 5.67. The van der Waals surface area contributed by atoms with Gasteiger partial charge in [-0.2, -0.15) is 0 Å². The molecule has 0 aliphatic heterocycles. The van der Waals surface area contributed by atoms with Crippen LogP contribution in [0.5, 0.6) is 0 Å². The van der Waals surface area contributed by atoms with Gasteiger partial charge in [0.1, 0.15) is 6.10 Å². The summed E-state index contributed by atoms with van der Waals surface area (Å²) in [5, 5.41) is 9.78. The molecule has 4 heteroatoms. The molecular weight excluding hydrogens is 192 g/mol. The molecule has 1 atom stereocenters. The van der Waals surface area contributed by atoms with E-state index in [0.717, 1.165) is 6.42 Å². The predicted molar refractivity (Wildman–Crippen MR) is 49.8 cm³/mol. The number of hydrogen-bond donors (Lipinski definition) is 1. The topological polar surface area (TPSA) is 42.6 Å². The fraction of sp³-hybridized carbons (Fsp3) is 0.556. The molecule has 1 rings (SSSR count). The van der Waals surface area contributed by atoms with E-state index in [-0.39, 0.29) is 11.8 Å². The summed E-state index contributed by atoms with van der Waals surface area (Å²) in [5.74, 6) is 0. The van der Waals surface area contributed by atoms with Gasteiger partial charge in [0.2, 0.25) is 0 Å². The van der Waals surface area contributed by atoms with Gasteiger partial charge in [0.05, 0.1) is 12.9 Å². The molecule has 0 saturated heterocycles. The van der Waals surface area contributed by atoms with Crippen molar-refractivity contribution in [2.75, 3.05) is 13.2 Å². The number of rotatable bonds is 5. The maximum absolute atomic E-state index is 9.55. The molecule has 0 radical (unpaired) electrons. The van der Waals surface area contributed by atoms with Gasteiger partial charge < -0.3 is 14.3 Å². The quantitative estimate of drug-likeness (QED) is 0.749. The van der Waals surface area contributed by atoms with Crippen LogP contribution in [0.2, 0.25) is 5.22 Å². The highest BCUT2D eigenvalue weighted by molar-refractivity contribution is 6.29. The lowest BCUT2D eigenvalue weighted by Gasteiger charge is -2.08. The van der Waals surface area contributed by atoms with Crippen LogP contribution in [0.4, 0.5) is 0 Å². The first-order valence-corrected chi connectivity index (χ1v) is 4.62. The molecule has 0 aliphatic rings. The van der Waals surface area contributed by atoms with Crippen molar-refractivity contribution in [3.8, 4) is 0 Å². The van der Waals surface area contributed by atoms with E-state index in [1.54, 1.807) is 6.07 Å². The minimum Gasteiger partial charge on any atom is -0.453 e. The predicted octanol–water partition coefficient (Wildman–Crippen LogP) is 2.39. The third-order valence-electron chi connectivity index (χ3n) is 1.63. The zero-order valence-corrected chi connectivity index (χ0v) is 8.25. The second-order valence-electron chi connectivity index (χ2n) is 2.74. The number of aliphatic hydroxyl groups is 1. The van der Waals surface area contributed by atoms with Crippen LogP contribution in [0, 0.1) is 0 Å². The molecule has 0 amide bonds. The highest BCUT2D eigenvalue weighted by Gasteiger charge is 2.13. The first-order valence-electron chi connectivity index (χ1n) is 4.24. The molecule has 1 unspecified atom stereocenters. The first-order chi connectivity index (χ1) is 6.25. The third kappa shape index (κ3) is 3.03. The minimum absolute atomic E-state index is 0.229. The summed E-state index contributed by atoms with van der Waals surface area (Å²) in [7, 11) is 0. The van der Waals surface area contributed by atoms with E-state index in [2.05, 4.69) is 0 Å². The Kier molecular flexibility index (Phi) is 4.28. The molecule has 0 bridgehead atoms. The Morgan fingerprint density at radius 2 is 2.46 bits per heavy atom. The van der Waals surface area contributed by atoms with Crippen molar-refractivity contribution in [1.29, 1.82) is 0 Å². The first kappa shape index (κ1) is 10.6. The molecule has 1 heterocycles. The van der Waals surface area contributed by atoms with Gasteiger partial charge >= 0.3 is 0 Å². The summed E-state index contributed by atoms with van der Waals surface area (Å²) < 4.78 is 10.0. The Bertz CT molecular complexity index is 247. The molecular formula is C9H13ClO3. The van der Waals surface area contributed by atoms with E-state index in [1.807, 2.05) is 6.92 Å². The van der Waals surface area contributed by atoms with Gasteiger partial charge in [-0.15, -0.1) is 0 Å². The smallest absolute Gasteiger partial charge is 0.198 e. The van der Waals surface area contributed by atoms with Gasteiger partial charge in [0.15, 0.2) is 5.22 Å². The van der Waals surface area contributed by atoms with Crippen molar-refractivity contribution in [2.24, 2.45) is 0 Å². The van der Waals surface area contributed by atoms with Gasteiger partial charge in [-0.3, -0.25) is 0 Å². The Morgan fingerprint density at radius 3 is 3.00 bits per heavy atom. The Balaban J connectivity index is 2.39. The minimum atomic E-state index is -0.696. The maximum atomic E-state index is 9.55. The zero-order valence-electron chi connectivity index (χ0n) is 7.50. The Hall–Kier alpha value is -0.510. The van der Waals surface area contributed by atoms with Crippen molar-refractivity contribution in [3.63, 3.8) is 0 Å². The second kappa shape index (κ2) is 5.27. The second-order valence-corrected chi connectivity index (χ2v) is 3.08. The van der Waals surface area contributed by atoms with Crippen molar-refractivity contribution in [2.45, 2.75) is 19.4 Å². The average Bonchev–Trinajstić information content (AvgIpc) is 2.52. The van der Waals surface area contributed by atoms with Crippen LogP contribution in [-0.4, -0.2) is 18.3 Å². The SMILES string of the molecule is CCCOCC(O)c1ccoc1Cl. The van der Waals surface area contributed by atoms with Crippen molar-refractivity contribution >= 4 is 11.6 Å².